The van der Waals surface area contributed by atoms with E-state index in [1.807, 2.05) is 37.3 Å². The maximum atomic E-state index is 11.5. The van der Waals surface area contributed by atoms with Gasteiger partial charge in [0.05, 0.1) is 0 Å². The summed E-state index contributed by atoms with van der Waals surface area (Å²) in [5, 5.41) is 9.42. The Kier molecular flexibility index (Phi) is 4.38. The number of carboxylic acids is 1. The summed E-state index contributed by atoms with van der Waals surface area (Å²) in [7, 11) is 0. The summed E-state index contributed by atoms with van der Waals surface area (Å²) < 4.78 is 0. The summed E-state index contributed by atoms with van der Waals surface area (Å²) >= 11 is 0. The van der Waals surface area contributed by atoms with E-state index in [9.17, 15) is 9.90 Å². The van der Waals surface area contributed by atoms with E-state index in [0.717, 1.165) is 31.4 Å². The van der Waals surface area contributed by atoms with Crippen LogP contribution in [-0.4, -0.2) is 34.6 Å². The molecule has 3 heteroatoms. The summed E-state index contributed by atoms with van der Waals surface area (Å²) in [5.74, 6) is -0.708. The van der Waals surface area contributed by atoms with E-state index in [2.05, 4.69) is 17.1 Å². The normalized spacial score (nSPS) is 24.7. The van der Waals surface area contributed by atoms with E-state index in [0.29, 0.717) is 6.54 Å². The van der Waals surface area contributed by atoms with Gasteiger partial charge >= 0.3 is 5.97 Å². The highest BCUT2D eigenvalue weighted by atomic mass is 16.4. The quantitative estimate of drug-likeness (QED) is 0.903. The molecule has 19 heavy (non-hydrogen) atoms. The number of hydrogen-bond donors (Lipinski definition) is 1. The molecule has 1 aliphatic heterocycles. The fraction of sp³-hybridized carbons (Fsp3) is 0.438. The third-order valence-corrected chi connectivity index (χ3v) is 3.94. The molecule has 0 radical (unpaired) electrons. The average molecular weight is 259 g/mol. The van der Waals surface area contributed by atoms with E-state index in [4.69, 9.17) is 0 Å². The molecular weight excluding hydrogens is 238 g/mol. The lowest BCUT2D eigenvalue weighted by atomic mass is 9.88. The van der Waals surface area contributed by atoms with E-state index in [1.165, 1.54) is 0 Å². The molecule has 3 nitrogen and oxygen atoms in total. The van der Waals surface area contributed by atoms with Crippen LogP contribution in [0.3, 0.4) is 0 Å². The standard InChI is InChI=1S/C16H21NO2/c1-16(15(18)19)11-5-6-12-17(16)13-7-10-14-8-3-2-4-9-14/h2-4,7-10H,5-6,11-13H2,1H3,(H,18,19)/b10-7+. The van der Waals surface area contributed by atoms with Gasteiger partial charge in [0.2, 0.25) is 0 Å². The summed E-state index contributed by atoms with van der Waals surface area (Å²) in [6, 6.07) is 10.1. The number of hydrogen-bond acceptors (Lipinski definition) is 2. The summed E-state index contributed by atoms with van der Waals surface area (Å²) in [5.41, 5.74) is 0.441. The molecule has 0 saturated carbocycles. The van der Waals surface area contributed by atoms with Crippen molar-refractivity contribution in [3.05, 3.63) is 42.0 Å². The van der Waals surface area contributed by atoms with Crippen LogP contribution in [0.1, 0.15) is 31.7 Å². The molecule has 1 heterocycles. The molecule has 1 saturated heterocycles. The Morgan fingerprint density at radius 1 is 1.37 bits per heavy atom. The van der Waals surface area contributed by atoms with Crippen LogP contribution in [-0.2, 0) is 4.79 Å². The van der Waals surface area contributed by atoms with Gasteiger partial charge in [0.15, 0.2) is 0 Å². The lowest BCUT2D eigenvalue weighted by molar-refractivity contribution is -0.152. The molecule has 102 valence electrons. The molecule has 1 aromatic rings. The van der Waals surface area contributed by atoms with Crippen molar-refractivity contribution in [1.29, 1.82) is 0 Å². The van der Waals surface area contributed by atoms with Gasteiger partial charge < -0.3 is 5.11 Å². The first-order chi connectivity index (χ1) is 9.13. The van der Waals surface area contributed by atoms with E-state index < -0.39 is 11.5 Å². The second-order valence-electron chi connectivity index (χ2n) is 5.30. The minimum atomic E-state index is -0.709. The van der Waals surface area contributed by atoms with Gasteiger partial charge in [-0.25, -0.2) is 0 Å². The first-order valence-electron chi connectivity index (χ1n) is 6.83. The molecular formula is C16H21NO2. The lowest BCUT2D eigenvalue weighted by Crippen LogP contribution is -2.55. The van der Waals surface area contributed by atoms with E-state index in [1.54, 1.807) is 0 Å². The Morgan fingerprint density at radius 3 is 2.79 bits per heavy atom. The van der Waals surface area contributed by atoms with Gasteiger partial charge in [0.1, 0.15) is 5.54 Å². The number of likely N-dealkylation sites (tertiary alicyclic amines) is 1. The van der Waals surface area contributed by atoms with E-state index >= 15 is 0 Å². The molecule has 0 aromatic heterocycles. The summed E-state index contributed by atoms with van der Waals surface area (Å²) in [6.45, 7) is 3.39. The molecule has 2 rings (SSSR count). The van der Waals surface area contributed by atoms with Crippen molar-refractivity contribution in [2.24, 2.45) is 0 Å². The van der Waals surface area contributed by atoms with Gasteiger partial charge in [-0.3, -0.25) is 9.69 Å². The van der Waals surface area contributed by atoms with Gasteiger partial charge in [-0.05, 0) is 38.3 Å². The minimum Gasteiger partial charge on any atom is -0.480 e. The van der Waals surface area contributed by atoms with Crippen molar-refractivity contribution in [2.75, 3.05) is 13.1 Å². The third-order valence-electron chi connectivity index (χ3n) is 3.94. The molecule has 1 fully saturated rings. The van der Waals surface area contributed by atoms with Gasteiger partial charge in [-0.15, -0.1) is 0 Å². The zero-order valence-electron chi connectivity index (χ0n) is 11.4. The number of nitrogens with zero attached hydrogens (tertiary/aromatic N) is 1. The van der Waals surface area contributed by atoms with Crippen LogP contribution in [0.5, 0.6) is 0 Å². The van der Waals surface area contributed by atoms with Crippen molar-refractivity contribution < 1.29 is 9.90 Å². The monoisotopic (exact) mass is 259 g/mol. The van der Waals surface area contributed by atoms with Crippen LogP contribution < -0.4 is 0 Å². The molecule has 0 aliphatic carbocycles. The predicted molar refractivity (Wildman–Crippen MR) is 76.9 cm³/mol. The minimum absolute atomic E-state index is 0.692. The van der Waals surface area contributed by atoms with Gasteiger partial charge in [0, 0.05) is 6.54 Å². The van der Waals surface area contributed by atoms with Crippen molar-refractivity contribution in [2.45, 2.75) is 31.7 Å². The van der Waals surface area contributed by atoms with Crippen molar-refractivity contribution >= 4 is 12.0 Å². The molecule has 1 aliphatic rings. The Hall–Kier alpha value is -1.61. The van der Waals surface area contributed by atoms with Gasteiger partial charge in [-0.2, -0.15) is 0 Å². The zero-order valence-corrected chi connectivity index (χ0v) is 11.4. The highest BCUT2D eigenvalue weighted by molar-refractivity contribution is 5.78. The number of carbonyl (C=O) groups is 1. The fourth-order valence-electron chi connectivity index (χ4n) is 2.59. The molecule has 1 aromatic carbocycles. The Labute approximate surface area is 114 Å². The average Bonchev–Trinajstić information content (AvgIpc) is 2.42. The second-order valence-corrected chi connectivity index (χ2v) is 5.30. The topological polar surface area (TPSA) is 40.5 Å². The number of benzene rings is 1. The van der Waals surface area contributed by atoms with Crippen LogP contribution in [0.15, 0.2) is 36.4 Å². The summed E-state index contributed by atoms with van der Waals surface area (Å²) in [4.78, 5) is 13.5. The van der Waals surface area contributed by atoms with Crippen LogP contribution in [0.2, 0.25) is 0 Å². The molecule has 1 unspecified atom stereocenters. The summed E-state index contributed by atoms with van der Waals surface area (Å²) in [6.07, 6.45) is 6.93. The molecule has 0 spiro atoms. The largest absolute Gasteiger partial charge is 0.480 e. The molecule has 1 atom stereocenters. The Morgan fingerprint density at radius 2 is 2.11 bits per heavy atom. The van der Waals surface area contributed by atoms with Crippen LogP contribution >= 0.6 is 0 Å². The van der Waals surface area contributed by atoms with Crippen molar-refractivity contribution in [1.82, 2.24) is 4.90 Å². The maximum absolute atomic E-state index is 11.5. The zero-order chi connectivity index (χ0) is 13.7. The van der Waals surface area contributed by atoms with Crippen LogP contribution in [0.25, 0.3) is 6.08 Å². The van der Waals surface area contributed by atoms with Crippen molar-refractivity contribution in [3.8, 4) is 0 Å². The lowest BCUT2D eigenvalue weighted by Gasteiger charge is -2.41. The smallest absolute Gasteiger partial charge is 0.323 e. The first kappa shape index (κ1) is 13.8. The number of aliphatic carboxylic acids is 1. The van der Waals surface area contributed by atoms with Gasteiger partial charge in [0.25, 0.3) is 0 Å². The number of rotatable bonds is 4. The Bertz CT molecular complexity index is 455. The Balaban J connectivity index is 2.01. The highest BCUT2D eigenvalue weighted by Gasteiger charge is 2.40. The number of carboxylic acid groups (broad SMARTS) is 1. The predicted octanol–water partition coefficient (Wildman–Crippen LogP) is 3.03. The van der Waals surface area contributed by atoms with Crippen LogP contribution in [0.4, 0.5) is 0 Å². The fourth-order valence-corrected chi connectivity index (χ4v) is 2.59. The third kappa shape index (κ3) is 3.24. The van der Waals surface area contributed by atoms with E-state index in [-0.39, 0.29) is 0 Å². The molecule has 1 N–H and O–H groups in total. The van der Waals surface area contributed by atoms with Crippen LogP contribution in [0, 0.1) is 0 Å². The van der Waals surface area contributed by atoms with Crippen molar-refractivity contribution in [3.63, 3.8) is 0 Å². The second kappa shape index (κ2) is 6.02. The molecule has 0 amide bonds. The highest BCUT2D eigenvalue weighted by Crippen LogP contribution is 2.28. The maximum Gasteiger partial charge on any atom is 0.323 e. The first-order valence-corrected chi connectivity index (χ1v) is 6.83. The van der Waals surface area contributed by atoms with Gasteiger partial charge in [-0.1, -0.05) is 42.5 Å². The molecule has 0 bridgehead atoms. The SMILES string of the molecule is CC1(C(=O)O)CCCCN1C/C=C/c1ccccc1. The number of piperidine rings is 1.